The third kappa shape index (κ3) is 5.56. The van der Waals surface area contributed by atoms with Gasteiger partial charge in [-0.3, -0.25) is 14.5 Å². The SMILES string of the molecule is CN1CCN(C)C(c2ccc(Nc3nc(N4CCC[C@H](NC(=O)c5cc6c(s5)CCCC6)C4)nn4ccnc34)cc2)C1=O. The lowest BCUT2D eigenvalue weighted by Crippen LogP contribution is -2.48. The van der Waals surface area contributed by atoms with Gasteiger partial charge in [0.25, 0.3) is 5.91 Å². The number of thiophene rings is 1. The van der Waals surface area contributed by atoms with Gasteiger partial charge in [-0.05, 0) is 74.9 Å². The Balaban J connectivity index is 1.07. The maximum atomic E-state index is 13.2. The summed E-state index contributed by atoms with van der Waals surface area (Å²) in [5.74, 6) is 1.33. The van der Waals surface area contributed by atoms with Gasteiger partial charge in [0.15, 0.2) is 11.5 Å². The number of rotatable bonds is 6. The number of benzene rings is 1. The number of anilines is 3. The van der Waals surface area contributed by atoms with Crippen molar-refractivity contribution in [3.05, 3.63) is 63.6 Å². The van der Waals surface area contributed by atoms with E-state index in [1.807, 2.05) is 44.6 Å². The summed E-state index contributed by atoms with van der Waals surface area (Å²) in [5.41, 5.74) is 3.79. The first-order chi connectivity index (χ1) is 20.9. The van der Waals surface area contributed by atoms with E-state index in [0.29, 0.717) is 24.0 Å². The minimum atomic E-state index is -0.282. The molecule has 12 heteroatoms. The maximum Gasteiger partial charge on any atom is 0.261 e. The number of piperazine rings is 1. The van der Waals surface area contributed by atoms with Crippen LogP contribution in [0.1, 0.15) is 57.4 Å². The number of aromatic nitrogens is 4. The van der Waals surface area contributed by atoms with E-state index in [-0.39, 0.29) is 23.9 Å². The quantitative estimate of drug-likeness (QED) is 0.346. The van der Waals surface area contributed by atoms with Crippen LogP contribution in [0.5, 0.6) is 0 Å². The summed E-state index contributed by atoms with van der Waals surface area (Å²) in [7, 11) is 3.85. The molecule has 1 aromatic carbocycles. The predicted octanol–water partition coefficient (Wildman–Crippen LogP) is 3.65. The number of piperidine rings is 1. The standard InChI is InChI=1S/C31H37N9O2S/c1-37-16-17-38(2)30(42)26(37)20-9-11-22(12-10-20)33-27-28-32-13-15-40(28)36-31(35-27)39-14-5-7-23(19-39)34-29(41)25-18-21-6-3-4-8-24(21)43-25/h9-13,15,18,23,26H,3-8,14,16-17,19H2,1-2H3,(H,34,41)(H,33,35,36)/t23-,26?/m0/s1. The van der Waals surface area contributed by atoms with Gasteiger partial charge in [-0.25, -0.2) is 9.50 Å². The average Bonchev–Trinajstić information content (AvgIpc) is 3.68. The molecule has 1 unspecified atom stereocenters. The molecular weight excluding hydrogens is 562 g/mol. The highest BCUT2D eigenvalue weighted by atomic mass is 32.1. The van der Waals surface area contributed by atoms with E-state index >= 15 is 0 Å². The van der Waals surface area contributed by atoms with Crippen molar-refractivity contribution in [1.82, 2.24) is 34.7 Å². The van der Waals surface area contributed by atoms with Gasteiger partial charge in [0, 0.05) is 62.2 Å². The predicted molar refractivity (Wildman–Crippen MR) is 167 cm³/mol. The zero-order valence-corrected chi connectivity index (χ0v) is 25.4. The van der Waals surface area contributed by atoms with Crippen LogP contribution in [-0.2, 0) is 17.6 Å². The van der Waals surface area contributed by atoms with Crippen LogP contribution >= 0.6 is 11.3 Å². The summed E-state index contributed by atoms with van der Waals surface area (Å²) in [6.07, 6.45) is 9.99. The van der Waals surface area contributed by atoms with Crippen molar-refractivity contribution < 1.29 is 9.59 Å². The molecule has 0 spiro atoms. The summed E-state index contributed by atoms with van der Waals surface area (Å²) in [5, 5.41) is 11.5. The number of amides is 2. The van der Waals surface area contributed by atoms with Crippen molar-refractivity contribution in [3.8, 4) is 0 Å². The molecule has 3 aliphatic rings. The van der Waals surface area contributed by atoms with E-state index in [1.54, 1.807) is 26.9 Å². The molecule has 2 N–H and O–H groups in total. The summed E-state index contributed by atoms with van der Waals surface area (Å²) in [6, 6.07) is 9.77. The van der Waals surface area contributed by atoms with E-state index < -0.39 is 0 Å². The van der Waals surface area contributed by atoms with Crippen molar-refractivity contribution in [2.75, 3.05) is 50.5 Å². The minimum Gasteiger partial charge on any atom is -0.347 e. The molecule has 5 heterocycles. The molecule has 4 aromatic rings. The molecule has 11 nitrogen and oxygen atoms in total. The molecule has 43 heavy (non-hydrogen) atoms. The number of imidazole rings is 1. The van der Waals surface area contributed by atoms with E-state index in [4.69, 9.17) is 10.1 Å². The Bertz CT molecular complexity index is 1630. The van der Waals surface area contributed by atoms with Gasteiger partial charge in [0.2, 0.25) is 11.9 Å². The Morgan fingerprint density at radius 2 is 1.88 bits per heavy atom. The highest BCUT2D eigenvalue weighted by Gasteiger charge is 2.32. The van der Waals surface area contributed by atoms with Crippen LogP contribution in [-0.4, -0.2) is 87.5 Å². The molecule has 224 valence electrons. The minimum absolute atomic E-state index is 0.0195. The lowest BCUT2D eigenvalue weighted by atomic mass is 9.99. The Kier molecular flexibility index (Phi) is 7.48. The first kappa shape index (κ1) is 27.8. The average molecular weight is 600 g/mol. The molecular formula is C31H37N9O2S. The van der Waals surface area contributed by atoms with Crippen LogP contribution in [0.4, 0.5) is 17.5 Å². The van der Waals surface area contributed by atoms with Crippen LogP contribution in [0.25, 0.3) is 5.65 Å². The number of likely N-dealkylation sites (N-methyl/N-ethyl adjacent to an activating group) is 2. The van der Waals surface area contributed by atoms with Gasteiger partial charge in [0.05, 0.1) is 4.88 Å². The molecule has 0 saturated carbocycles. The normalized spacial score (nSPS) is 21.2. The molecule has 2 fully saturated rings. The highest BCUT2D eigenvalue weighted by molar-refractivity contribution is 7.14. The largest absolute Gasteiger partial charge is 0.347 e. The first-order valence-corrected chi connectivity index (χ1v) is 16.0. The molecule has 0 radical (unpaired) electrons. The van der Waals surface area contributed by atoms with E-state index in [1.165, 1.54) is 23.3 Å². The van der Waals surface area contributed by atoms with Crippen LogP contribution in [0, 0.1) is 0 Å². The Morgan fingerprint density at radius 1 is 1.05 bits per heavy atom. The van der Waals surface area contributed by atoms with E-state index in [0.717, 1.165) is 61.4 Å². The number of nitrogens with one attached hydrogen (secondary N) is 2. The molecule has 1 aliphatic carbocycles. The van der Waals surface area contributed by atoms with E-state index in [2.05, 4.69) is 31.5 Å². The van der Waals surface area contributed by atoms with Crippen molar-refractivity contribution in [2.45, 2.75) is 50.6 Å². The van der Waals surface area contributed by atoms with Gasteiger partial charge in [-0.15, -0.1) is 16.4 Å². The van der Waals surface area contributed by atoms with Crippen molar-refractivity contribution >= 4 is 46.3 Å². The van der Waals surface area contributed by atoms with Gasteiger partial charge >= 0.3 is 0 Å². The smallest absolute Gasteiger partial charge is 0.261 e. The molecule has 7 rings (SSSR count). The van der Waals surface area contributed by atoms with Crippen molar-refractivity contribution in [2.24, 2.45) is 0 Å². The first-order valence-electron chi connectivity index (χ1n) is 15.1. The topological polar surface area (TPSA) is 111 Å². The van der Waals surface area contributed by atoms with Crippen LogP contribution in [0.3, 0.4) is 0 Å². The Hall–Kier alpha value is -4.03. The van der Waals surface area contributed by atoms with Gasteiger partial charge in [-0.2, -0.15) is 4.98 Å². The number of hydrogen-bond acceptors (Lipinski definition) is 9. The van der Waals surface area contributed by atoms with Gasteiger partial charge in [0.1, 0.15) is 6.04 Å². The zero-order valence-electron chi connectivity index (χ0n) is 24.6. The number of nitrogens with zero attached hydrogens (tertiary/aromatic N) is 7. The Labute approximate surface area is 254 Å². The number of carbonyl (C=O) groups is 2. The highest BCUT2D eigenvalue weighted by Crippen LogP contribution is 2.31. The lowest BCUT2D eigenvalue weighted by molar-refractivity contribution is -0.139. The third-order valence-electron chi connectivity index (χ3n) is 8.83. The summed E-state index contributed by atoms with van der Waals surface area (Å²) in [4.78, 5) is 43.6. The second-order valence-corrected chi connectivity index (χ2v) is 13.0. The fourth-order valence-electron chi connectivity index (χ4n) is 6.40. The molecule has 2 amide bonds. The van der Waals surface area contributed by atoms with Crippen LogP contribution in [0.15, 0.2) is 42.7 Å². The fraction of sp³-hybridized carbons (Fsp3) is 0.452. The monoisotopic (exact) mass is 599 g/mol. The molecule has 2 saturated heterocycles. The third-order valence-corrected chi connectivity index (χ3v) is 10.1. The zero-order chi connectivity index (χ0) is 29.5. The van der Waals surface area contributed by atoms with Gasteiger partial charge < -0.3 is 20.4 Å². The number of fused-ring (bicyclic) bond motifs is 2. The summed E-state index contributed by atoms with van der Waals surface area (Å²) < 4.78 is 1.74. The maximum absolute atomic E-state index is 13.2. The number of aryl methyl sites for hydroxylation is 2. The second-order valence-electron chi connectivity index (χ2n) is 11.9. The van der Waals surface area contributed by atoms with Crippen LogP contribution < -0.4 is 15.5 Å². The van der Waals surface area contributed by atoms with Crippen molar-refractivity contribution in [1.29, 1.82) is 0 Å². The molecule has 0 bridgehead atoms. The molecule has 3 aromatic heterocycles. The molecule has 2 aliphatic heterocycles. The van der Waals surface area contributed by atoms with Gasteiger partial charge in [-0.1, -0.05) is 12.1 Å². The van der Waals surface area contributed by atoms with E-state index in [9.17, 15) is 9.59 Å². The summed E-state index contributed by atoms with van der Waals surface area (Å²) in [6.45, 7) is 3.03. The van der Waals surface area contributed by atoms with Crippen LogP contribution in [0.2, 0.25) is 0 Å². The second kappa shape index (κ2) is 11.6. The number of carbonyl (C=O) groups excluding carboxylic acids is 2. The number of hydrogen-bond donors (Lipinski definition) is 2. The Morgan fingerprint density at radius 3 is 2.72 bits per heavy atom. The lowest BCUT2D eigenvalue weighted by Gasteiger charge is -2.37. The summed E-state index contributed by atoms with van der Waals surface area (Å²) >= 11 is 1.65. The van der Waals surface area contributed by atoms with Crippen molar-refractivity contribution in [3.63, 3.8) is 0 Å². The molecule has 2 atom stereocenters. The fourth-order valence-corrected chi connectivity index (χ4v) is 7.55.